The predicted octanol–water partition coefficient (Wildman–Crippen LogP) is 12.6. The van der Waals surface area contributed by atoms with Crippen molar-refractivity contribution in [1.29, 1.82) is 0 Å². The van der Waals surface area contributed by atoms with E-state index in [0.717, 1.165) is 56.0 Å². The number of halogens is 2. The predicted molar refractivity (Wildman–Crippen MR) is 233 cm³/mol. The standard InChI is InChI=1S/2C23H14FN2.C5H8O2.Ir/c2*24-17-11-9-16(10-12-17)21-15-18(13-14-25-21)26-22-7-3-1-5-19(22)20-6-2-4-8-23(20)26;1-4(6)3-5(2)7;/h2*1-9,11-15H;3,6H,1-2H3;/q2*-1;;/b;;4-3-;. The van der Waals surface area contributed by atoms with Crippen molar-refractivity contribution in [2.24, 2.45) is 0 Å². The quantitative estimate of drug-likeness (QED) is 0.106. The average molecular weight is 967 g/mol. The van der Waals surface area contributed by atoms with E-state index in [1.807, 2.05) is 48.5 Å². The summed E-state index contributed by atoms with van der Waals surface area (Å²) < 4.78 is 30.9. The second-order valence-corrected chi connectivity index (χ2v) is 13.8. The molecule has 0 amide bonds. The van der Waals surface area contributed by atoms with Gasteiger partial charge in [0.2, 0.25) is 0 Å². The number of hydrogen-bond acceptors (Lipinski definition) is 4. The Hall–Kier alpha value is -7.06. The van der Waals surface area contributed by atoms with Gasteiger partial charge in [0.25, 0.3) is 0 Å². The van der Waals surface area contributed by atoms with Crippen LogP contribution in [0.4, 0.5) is 8.78 Å². The number of fused-ring (bicyclic) bond motifs is 6. The number of ketones is 1. The van der Waals surface area contributed by atoms with Gasteiger partial charge in [0.1, 0.15) is 0 Å². The van der Waals surface area contributed by atoms with E-state index in [1.165, 1.54) is 65.7 Å². The van der Waals surface area contributed by atoms with Crippen LogP contribution in [0, 0.1) is 23.8 Å². The Morgan fingerprint density at radius 2 is 0.900 bits per heavy atom. The third kappa shape index (κ3) is 8.69. The number of para-hydroxylation sites is 4. The summed E-state index contributed by atoms with van der Waals surface area (Å²) in [5, 5.41) is 13.2. The van der Waals surface area contributed by atoms with E-state index < -0.39 is 0 Å². The van der Waals surface area contributed by atoms with E-state index in [2.05, 4.69) is 104 Å². The summed E-state index contributed by atoms with van der Waals surface area (Å²) >= 11 is 0. The molecule has 0 spiro atoms. The summed E-state index contributed by atoms with van der Waals surface area (Å²) in [4.78, 5) is 18.9. The molecule has 0 fully saturated rings. The monoisotopic (exact) mass is 967 g/mol. The molecule has 0 unspecified atom stereocenters. The van der Waals surface area contributed by atoms with E-state index in [9.17, 15) is 13.6 Å². The number of rotatable bonds is 5. The first-order valence-electron chi connectivity index (χ1n) is 18.9. The second-order valence-electron chi connectivity index (χ2n) is 13.8. The van der Waals surface area contributed by atoms with Crippen LogP contribution in [-0.2, 0) is 24.9 Å². The summed E-state index contributed by atoms with van der Waals surface area (Å²) in [6.45, 7) is 2.85. The van der Waals surface area contributed by atoms with E-state index in [4.69, 9.17) is 5.11 Å². The average Bonchev–Trinajstić information content (AvgIpc) is 3.78. The fourth-order valence-corrected chi connectivity index (χ4v) is 7.24. The van der Waals surface area contributed by atoms with Gasteiger partial charge in [-0.15, -0.1) is 59.7 Å². The van der Waals surface area contributed by atoms with Crippen molar-refractivity contribution in [1.82, 2.24) is 19.1 Å². The van der Waals surface area contributed by atoms with Gasteiger partial charge < -0.3 is 24.2 Å². The molecule has 0 aliphatic heterocycles. The molecule has 0 atom stereocenters. The summed E-state index contributed by atoms with van der Waals surface area (Å²) in [6, 6.07) is 56.4. The van der Waals surface area contributed by atoms with Crippen molar-refractivity contribution in [3.63, 3.8) is 0 Å². The molecule has 6 nitrogen and oxygen atoms in total. The number of pyridine rings is 2. The van der Waals surface area contributed by atoms with Crippen molar-refractivity contribution in [3.05, 3.63) is 206 Å². The minimum atomic E-state index is -0.299. The number of aliphatic hydroxyl groups excluding tert-OH is 1. The molecule has 10 rings (SSSR count). The number of carbonyl (C=O) groups is 1. The normalized spacial score (nSPS) is 11.1. The summed E-state index contributed by atoms with van der Waals surface area (Å²) in [6.07, 6.45) is 4.73. The molecule has 60 heavy (non-hydrogen) atoms. The number of carbonyl (C=O) groups excluding carboxylic acids is 1. The van der Waals surface area contributed by atoms with Crippen LogP contribution in [0.3, 0.4) is 0 Å². The third-order valence-corrected chi connectivity index (χ3v) is 9.68. The van der Waals surface area contributed by atoms with E-state index >= 15 is 0 Å². The van der Waals surface area contributed by atoms with Gasteiger partial charge in [-0.1, -0.05) is 84.9 Å². The van der Waals surface area contributed by atoms with Crippen LogP contribution in [0.25, 0.3) is 77.5 Å². The van der Waals surface area contributed by atoms with Gasteiger partial charge in [0, 0.05) is 83.1 Å². The first-order valence-corrected chi connectivity index (χ1v) is 18.9. The molecule has 6 aromatic carbocycles. The fraction of sp³-hybridized carbons (Fsp3) is 0.0392. The third-order valence-electron chi connectivity index (χ3n) is 9.68. The van der Waals surface area contributed by atoms with Gasteiger partial charge >= 0.3 is 0 Å². The number of hydrogen-bond donors (Lipinski definition) is 1. The second kappa shape index (κ2) is 18.2. The van der Waals surface area contributed by atoms with Crippen molar-refractivity contribution in [2.75, 3.05) is 0 Å². The molecular weight excluding hydrogens is 931 g/mol. The molecule has 0 saturated carbocycles. The van der Waals surface area contributed by atoms with Gasteiger partial charge in [-0.3, -0.25) is 13.6 Å². The number of nitrogens with zero attached hydrogens (tertiary/aromatic N) is 4. The smallest absolute Gasteiger partial charge is 0.155 e. The summed E-state index contributed by atoms with van der Waals surface area (Å²) in [7, 11) is 0. The van der Waals surface area contributed by atoms with Crippen LogP contribution >= 0.6 is 0 Å². The van der Waals surface area contributed by atoms with Gasteiger partial charge in [-0.2, -0.15) is 0 Å². The van der Waals surface area contributed by atoms with E-state index in [1.54, 1.807) is 24.5 Å². The Morgan fingerprint density at radius 1 is 0.550 bits per heavy atom. The van der Waals surface area contributed by atoms with Crippen LogP contribution in [-0.4, -0.2) is 30.0 Å². The minimum absolute atomic E-state index is 0. The van der Waals surface area contributed by atoms with Gasteiger partial charge in [0.15, 0.2) is 5.78 Å². The van der Waals surface area contributed by atoms with Gasteiger partial charge in [0.05, 0.1) is 27.8 Å². The molecule has 4 aromatic heterocycles. The Bertz CT molecular complexity index is 2830. The van der Waals surface area contributed by atoms with Crippen LogP contribution < -0.4 is 0 Å². The topological polar surface area (TPSA) is 72.9 Å². The Labute approximate surface area is 359 Å². The molecule has 1 radical (unpaired) electrons. The summed E-state index contributed by atoms with van der Waals surface area (Å²) in [5.74, 6) is -0.660. The molecule has 10 aromatic rings. The molecule has 0 aliphatic rings. The van der Waals surface area contributed by atoms with Crippen molar-refractivity contribution < 1.29 is 38.8 Å². The molecule has 297 valence electrons. The van der Waals surface area contributed by atoms with Crippen LogP contribution in [0.15, 0.2) is 182 Å². The fourth-order valence-electron chi connectivity index (χ4n) is 7.24. The zero-order chi connectivity index (χ0) is 40.9. The molecule has 0 bridgehead atoms. The van der Waals surface area contributed by atoms with Crippen LogP contribution in [0.5, 0.6) is 0 Å². The SMILES string of the molecule is CC(=O)/C=C(/C)O.Fc1c[c-]c(-c2cc(-n3c4ccccc4c4ccccc43)ccn2)cc1.Fc1c[c-]c(-c2cc(-n3c4ccccc4c4ccccc43)ccn2)cc1.[Ir]. The first-order chi connectivity index (χ1) is 28.7. The minimum Gasteiger partial charge on any atom is -0.512 e. The van der Waals surface area contributed by atoms with Crippen molar-refractivity contribution >= 4 is 49.4 Å². The molecule has 0 saturated heterocycles. The first kappa shape index (κ1) is 41.1. The Morgan fingerprint density at radius 3 is 1.18 bits per heavy atom. The summed E-state index contributed by atoms with van der Waals surface area (Å²) in [5.41, 5.74) is 9.71. The van der Waals surface area contributed by atoms with Crippen LogP contribution in [0.2, 0.25) is 0 Å². The molecule has 9 heteroatoms. The van der Waals surface area contributed by atoms with E-state index in [-0.39, 0.29) is 43.3 Å². The van der Waals surface area contributed by atoms with Crippen LogP contribution in [0.1, 0.15) is 13.8 Å². The van der Waals surface area contributed by atoms with Gasteiger partial charge in [-0.05, 0) is 61.6 Å². The van der Waals surface area contributed by atoms with E-state index in [0.29, 0.717) is 0 Å². The van der Waals surface area contributed by atoms with Crippen molar-refractivity contribution in [2.45, 2.75) is 13.8 Å². The number of allylic oxidation sites excluding steroid dienone is 2. The largest absolute Gasteiger partial charge is 0.512 e. The maximum absolute atomic E-state index is 13.2. The molecule has 0 aliphatic carbocycles. The van der Waals surface area contributed by atoms with Crippen molar-refractivity contribution in [3.8, 4) is 33.9 Å². The van der Waals surface area contributed by atoms with Gasteiger partial charge in [-0.25, -0.2) is 0 Å². The maximum atomic E-state index is 13.2. The Balaban J connectivity index is 0.000000155. The molecule has 1 N–H and O–H groups in total. The number of aromatic nitrogens is 4. The Kier molecular flexibility index (Phi) is 12.5. The molecule has 4 heterocycles. The zero-order valence-corrected chi connectivity index (χ0v) is 34.9. The number of benzene rings is 6. The molecular formula is C51H36F2IrN4O2-2. The zero-order valence-electron chi connectivity index (χ0n) is 32.5. The maximum Gasteiger partial charge on any atom is 0.155 e. The number of aliphatic hydroxyl groups is 1.